The highest BCUT2D eigenvalue weighted by Crippen LogP contribution is 2.30. The predicted octanol–water partition coefficient (Wildman–Crippen LogP) is 4.09. The second-order valence-electron chi connectivity index (χ2n) is 9.55. The van der Waals surface area contributed by atoms with Gasteiger partial charge in [0.2, 0.25) is 21.8 Å². The van der Waals surface area contributed by atoms with Gasteiger partial charge < -0.3 is 10.2 Å². The number of hydrogen-bond donors (Lipinski definition) is 1. The minimum absolute atomic E-state index is 0.0934. The molecule has 0 radical (unpaired) electrons. The van der Waals surface area contributed by atoms with Crippen molar-refractivity contribution in [2.24, 2.45) is 5.92 Å². The Bertz CT molecular complexity index is 1210. The van der Waals surface area contributed by atoms with Gasteiger partial charge in [0.15, 0.2) is 0 Å². The first-order chi connectivity index (χ1) is 16.1. The van der Waals surface area contributed by atoms with Gasteiger partial charge in [-0.3, -0.25) is 9.59 Å². The van der Waals surface area contributed by atoms with Crippen LogP contribution in [0.3, 0.4) is 0 Å². The number of anilines is 2. The summed E-state index contributed by atoms with van der Waals surface area (Å²) >= 11 is 0. The summed E-state index contributed by atoms with van der Waals surface area (Å²) in [5, 5.41) is 2.98. The van der Waals surface area contributed by atoms with E-state index in [1.165, 1.54) is 4.31 Å². The number of aryl methyl sites for hydroxylation is 4. The zero-order valence-electron chi connectivity index (χ0n) is 20.3. The van der Waals surface area contributed by atoms with Gasteiger partial charge in [-0.1, -0.05) is 17.7 Å². The van der Waals surface area contributed by atoms with E-state index < -0.39 is 10.0 Å². The average Bonchev–Trinajstić information content (AvgIpc) is 3.18. The second kappa shape index (κ2) is 9.50. The van der Waals surface area contributed by atoms with Crippen molar-refractivity contribution in [3.8, 4) is 0 Å². The lowest BCUT2D eigenvalue weighted by Crippen LogP contribution is -2.41. The van der Waals surface area contributed by atoms with Gasteiger partial charge in [0.1, 0.15) is 0 Å². The molecule has 182 valence electrons. The molecule has 2 amide bonds. The number of amides is 2. The number of nitrogens with zero attached hydrogens (tertiary/aromatic N) is 2. The minimum atomic E-state index is -3.60. The van der Waals surface area contributed by atoms with Gasteiger partial charge in [-0.05, 0) is 81.8 Å². The number of carbonyl (C=O) groups is 2. The third-order valence-corrected chi connectivity index (χ3v) is 9.06. The molecule has 34 heavy (non-hydrogen) atoms. The van der Waals surface area contributed by atoms with E-state index in [1.807, 2.05) is 58.0 Å². The third kappa shape index (κ3) is 4.74. The molecule has 7 nitrogen and oxygen atoms in total. The smallest absolute Gasteiger partial charge is 0.243 e. The monoisotopic (exact) mass is 483 g/mol. The maximum Gasteiger partial charge on any atom is 0.243 e. The Labute approximate surface area is 202 Å². The summed E-state index contributed by atoms with van der Waals surface area (Å²) in [6, 6.07) is 9.39. The Hall–Kier alpha value is -2.71. The van der Waals surface area contributed by atoms with Crippen LogP contribution in [0.1, 0.15) is 47.9 Å². The van der Waals surface area contributed by atoms with Gasteiger partial charge in [-0.2, -0.15) is 4.31 Å². The van der Waals surface area contributed by atoms with E-state index >= 15 is 0 Å². The summed E-state index contributed by atoms with van der Waals surface area (Å²) < 4.78 is 28.1. The zero-order valence-corrected chi connectivity index (χ0v) is 21.2. The number of rotatable bonds is 5. The molecule has 0 bridgehead atoms. The van der Waals surface area contributed by atoms with Crippen LogP contribution in [-0.2, 0) is 19.6 Å². The van der Waals surface area contributed by atoms with Gasteiger partial charge in [0.05, 0.1) is 4.90 Å². The largest absolute Gasteiger partial charge is 0.326 e. The summed E-state index contributed by atoms with van der Waals surface area (Å²) in [5.41, 5.74) is 5.08. The lowest BCUT2D eigenvalue weighted by Gasteiger charge is -2.31. The standard InChI is InChI=1S/C26H33N3O4S/c1-17-14-19(3)25(20(4)15-17)34(32,33)28-12-9-21(10-13-28)26(31)27-22-7-8-23(18(2)16-22)29-11-5-6-24(29)30/h7-8,14-16,21H,5-6,9-13H2,1-4H3,(H,27,31). The van der Waals surface area contributed by atoms with Crippen molar-refractivity contribution < 1.29 is 18.0 Å². The highest BCUT2D eigenvalue weighted by Gasteiger charge is 2.34. The summed E-state index contributed by atoms with van der Waals surface area (Å²) in [4.78, 5) is 27.1. The molecule has 8 heteroatoms. The van der Waals surface area contributed by atoms with E-state index in [1.54, 1.807) is 4.90 Å². The molecule has 2 aliphatic rings. The molecule has 2 aliphatic heterocycles. The topological polar surface area (TPSA) is 86.8 Å². The summed E-state index contributed by atoms with van der Waals surface area (Å²) in [6.07, 6.45) is 2.41. The van der Waals surface area contributed by atoms with Crippen molar-refractivity contribution in [1.82, 2.24) is 4.31 Å². The van der Waals surface area contributed by atoms with Crippen molar-refractivity contribution in [1.29, 1.82) is 0 Å². The lowest BCUT2D eigenvalue weighted by molar-refractivity contribution is -0.121. The van der Waals surface area contributed by atoms with Crippen molar-refractivity contribution in [2.75, 3.05) is 29.9 Å². The molecule has 0 saturated carbocycles. The normalized spacial score (nSPS) is 17.9. The highest BCUT2D eigenvalue weighted by molar-refractivity contribution is 7.89. The number of hydrogen-bond acceptors (Lipinski definition) is 4. The SMILES string of the molecule is Cc1cc(C)c(S(=O)(=O)N2CCC(C(=O)Nc3ccc(N4CCCC4=O)c(C)c3)CC2)c(C)c1. The summed E-state index contributed by atoms with van der Waals surface area (Å²) in [5.74, 6) is -0.200. The number of carbonyl (C=O) groups excluding carboxylic acids is 2. The van der Waals surface area contributed by atoms with Crippen LogP contribution in [-0.4, -0.2) is 44.2 Å². The molecule has 2 heterocycles. The quantitative estimate of drug-likeness (QED) is 0.694. The fraction of sp³-hybridized carbons (Fsp3) is 0.462. The van der Waals surface area contributed by atoms with E-state index in [4.69, 9.17) is 0 Å². The number of sulfonamides is 1. The lowest BCUT2D eigenvalue weighted by atomic mass is 9.97. The van der Waals surface area contributed by atoms with Crippen molar-refractivity contribution in [2.45, 2.75) is 58.3 Å². The minimum Gasteiger partial charge on any atom is -0.326 e. The molecule has 2 fully saturated rings. The first-order valence-electron chi connectivity index (χ1n) is 11.9. The molecule has 0 unspecified atom stereocenters. The molecule has 2 saturated heterocycles. The van der Waals surface area contributed by atoms with Crippen LogP contribution in [0, 0.1) is 33.6 Å². The maximum atomic E-state index is 13.3. The highest BCUT2D eigenvalue weighted by atomic mass is 32.2. The Morgan fingerprint density at radius 2 is 1.59 bits per heavy atom. The molecule has 0 aliphatic carbocycles. The van der Waals surface area contributed by atoms with Gasteiger partial charge >= 0.3 is 0 Å². The van der Waals surface area contributed by atoms with E-state index in [9.17, 15) is 18.0 Å². The number of benzene rings is 2. The van der Waals surface area contributed by atoms with Crippen LogP contribution in [0.5, 0.6) is 0 Å². The van der Waals surface area contributed by atoms with Crippen LogP contribution in [0.25, 0.3) is 0 Å². The van der Waals surface area contributed by atoms with Crippen LogP contribution in [0.4, 0.5) is 11.4 Å². The first kappa shape index (κ1) is 24.4. The Morgan fingerprint density at radius 1 is 0.941 bits per heavy atom. The summed E-state index contributed by atoms with van der Waals surface area (Å²) in [6.45, 7) is 8.94. The molecule has 0 aromatic heterocycles. The third-order valence-electron chi connectivity index (χ3n) is 6.86. The second-order valence-corrected chi connectivity index (χ2v) is 11.4. The number of nitrogens with one attached hydrogen (secondary N) is 1. The molecule has 0 atom stereocenters. The maximum absolute atomic E-state index is 13.3. The molecule has 4 rings (SSSR count). The van der Waals surface area contributed by atoms with Gasteiger partial charge in [-0.15, -0.1) is 0 Å². The van der Waals surface area contributed by atoms with Crippen LogP contribution >= 0.6 is 0 Å². The van der Waals surface area contributed by atoms with Gasteiger partial charge in [0, 0.05) is 43.3 Å². The Morgan fingerprint density at radius 3 is 2.15 bits per heavy atom. The summed E-state index contributed by atoms with van der Waals surface area (Å²) in [7, 11) is -3.60. The average molecular weight is 484 g/mol. The van der Waals surface area contributed by atoms with E-state index in [0.29, 0.717) is 42.9 Å². The van der Waals surface area contributed by atoms with Crippen molar-refractivity contribution in [3.63, 3.8) is 0 Å². The molecular weight excluding hydrogens is 450 g/mol. The fourth-order valence-corrected chi connectivity index (χ4v) is 7.13. The van der Waals surface area contributed by atoms with E-state index in [-0.39, 0.29) is 17.7 Å². The molecule has 0 spiro atoms. The van der Waals surface area contributed by atoms with E-state index in [0.717, 1.165) is 40.9 Å². The fourth-order valence-electron chi connectivity index (χ4n) is 5.24. The molecule has 2 aromatic rings. The van der Waals surface area contributed by atoms with Crippen LogP contribution in [0.2, 0.25) is 0 Å². The Kier molecular flexibility index (Phi) is 6.82. The van der Waals surface area contributed by atoms with Crippen LogP contribution < -0.4 is 10.2 Å². The van der Waals surface area contributed by atoms with Crippen molar-refractivity contribution >= 4 is 33.2 Å². The predicted molar refractivity (Wildman–Crippen MR) is 134 cm³/mol. The molecule has 2 aromatic carbocycles. The van der Waals surface area contributed by atoms with E-state index in [2.05, 4.69) is 5.32 Å². The van der Waals surface area contributed by atoms with Crippen molar-refractivity contribution in [3.05, 3.63) is 52.6 Å². The van der Waals surface area contributed by atoms with Crippen LogP contribution in [0.15, 0.2) is 35.2 Å². The first-order valence-corrected chi connectivity index (χ1v) is 13.3. The van der Waals surface area contributed by atoms with Gasteiger partial charge in [0.25, 0.3) is 0 Å². The molecule has 1 N–H and O–H groups in total. The zero-order chi connectivity index (χ0) is 24.6. The number of piperidine rings is 1. The van der Waals surface area contributed by atoms with Gasteiger partial charge in [-0.25, -0.2) is 8.42 Å². The Balaban J connectivity index is 1.39. The molecular formula is C26H33N3O4S.